The van der Waals surface area contributed by atoms with E-state index in [1.165, 1.54) is 4.90 Å². The van der Waals surface area contributed by atoms with E-state index in [2.05, 4.69) is 29.4 Å². The largest absolute Gasteiger partial charge is 0.462 e. The number of hydrogen-bond acceptors (Lipinski definition) is 4. The van der Waals surface area contributed by atoms with Gasteiger partial charge in [0.05, 0.1) is 44.0 Å². The van der Waals surface area contributed by atoms with E-state index in [0.717, 1.165) is 61.5 Å². The van der Waals surface area contributed by atoms with Crippen molar-refractivity contribution >= 4 is 22.6 Å². The highest BCUT2D eigenvalue weighted by atomic mass is 16.5. The molecule has 0 aliphatic carbocycles. The van der Waals surface area contributed by atoms with E-state index in [1.807, 2.05) is 13.0 Å². The Hall–Kier alpha value is -2.18. The van der Waals surface area contributed by atoms with Crippen molar-refractivity contribution in [3.63, 3.8) is 0 Å². The van der Waals surface area contributed by atoms with Crippen LogP contribution >= 0.6 is 0 Å². The van der Waals surface area contributed by atoms with E-state index >= 15 is 0 Å². The summed E-state index contributed by atoms with van der Waals surface area (Å²) < 4.78 is 10.6. The predicted octanol–water partition coefficient (Wildman–Crippen LogP) is 0.466. The van der Waals surface area contributed by atoms with Crippen molar-refractivity contribution < 1.29 is 24.2 Å². The first-order valence-corrected chi connectivity index (χ1v) is 8.96. The van der Waals surface area contributed by atoms with Crippen LogP contribution in [-0.4, -0.2) is 52.0 Å². The van der Waals surface area contributed by atoms with Gasteiger partial charge in [0.1, 0.15) is 18.7 Å². The lowest BCUT2D eigenvalue weighted by Crippen LogP contribution is -3.14. The van der Waals surface area contributed by atoms with Crippen LogP contribution in [0.2, 0.25) is 0 Å². The molecule has 0 atom stereocenters. The number of H-pyrrole nitrogens is 1. The Morgan fingerprint density at radius 2 is 2.16 bits per heavy atom. The Morgan fingerprint density at radius 3 is 2.92 bits per heavy atom. The number of carbonyl (C=O) groups is 1. The van der Waals surface area contributed by atoms with Crippen LogP contribution in [0, 0.1) is 6.92 Å². The molecule has 1 fully saturated rings. The molecule has 134 valence electrons. The third-order valence-electron chi connectivity index (χ3n) is 4.56. The smallest absolute Gasteiger partial charge is 0.346 e. The monoisotopic (exact) mass is 345 g/mol. The summed E-state index contributed by atoms with van der Waals surface area (Å²) >= 11 is 0. The Bertz CT molecular complexity index is 742. The minimum Gasteiger partial charge on any atom is -0.462 e. The van der Waals surface area contributed by atoms with Crippen molar-refractivity contribution in [2.24, 2.45) is 0 Å². The minimum absolute atomic E-state index is 0.302. The van der Waals surface area contributed by atoms with Crippen LogP contribution in [0.5, 0.6) is 0 Å². The second kappa shape index (κ2) is 8.27. The van der Waals surface area contributed by atoms with E-state index in [4.69, 9.17) is 9.47 Å². The molecule has 1 aliphatic rings. The van der Waals surface area contributed by atoms with Gasteiger partial charge in [-0.15, -0.1) is 0 Å². The molecule has 3 N–H and O–H groups in total. The molecule has 0 amide bonds. The fourth-order valence-electron chi connectivity index (χ4n) is 3.19. The average molecular weight is 345 g/mol. The molecule has 1 aromatic carbocycles. The van der Waals surface area contributed by atoms with Gasteiger partial charge in [-0.25, -0.2) is 9.78 Å². The third kappa shape index (κ3) is 4.27. The molecular formula is C19H27N3O3+2. The lowest BCUT2D eigenvalue weighted by molar-refractivity contribution is -0.906. The van der Waals surface area contributed by atoms with Gasteiger partial charge in [0.2, 0.25) is 5.52 Å². The molecule has 2 heterocycles. The Balaban J connectivity index is 1.84. The molecule has 25 heavy (non-hydrogen) atoms. The van der Waals surface area contributed by atoms with E-state index < -0.39 is 0 Å². The molecule has 1 aliphatic heterocycles. The molecule has 1 aromatic heterocycles. The van der Waals surface area contributed by atoms with Gasteiger partial charge in [0, 0.05) is 6.07 Å². The molecule has 0 saturated carbocycles. The second-order valence-electron chi connectivity index (χ2n) is 6.39. The Labute approximate surface area is 148 Å². The zero-order chi connectivity index (χ0) is 17.6. The van der Waals surface area contributed by atoms with Crippen LogP contribution in [0.15, 0.2) is 24.4 Å². The number of aryl methyl sites for hydroxylation is 1. The molecule has 3 rings (SSSR count). The van der Waals surface area contributed by atoms with Crippen LogP contribution in [0.3, 0.4) is 0 Å². The normalized spacial score (nSPS) is 15.3. The quantitative estimate of drug-likeness (QED) is 0.747. The molecule has 1 saturated heterocycles. The van der Waals surface area contributed by atoms with Gasteiger partial charge in [0.15, 0.2) is 6.20 Å². The maximum Gasteiger partial charge on any atom is 0.346 e. The fourth-order valence-corrected chi connectivity index (χ4v) is 3.19. The number of nitrogens with one attached hydrogen (secondary N) is 3. The number of quaternary nitrogens is 1. The van der Waals surface area contributed by atoms with Gasteiger partial charge < -0.3 is 19.7 Å². The number of benzene rings is 1. The number of aromatic nitrogens is 1. The first-order valence-electron chi connectivity index (χ1n) is 8.96. The summed E-state index contributed by atoms with van der Waals surface area (Å²) in [5, 5.41) is 4.50. The number of aromatic amines is 1. The summed E-state index contributed by atoms with van der Waals surface area (Å²) in [5.74, 6) is -0.302. The topological polar surface area (TPSA) is 66.1 Å². The summed E-state index contributed by atoms with van der Waals surface area (Å²) in [6.07, 6.45) is 1.74. The van der Waals surface area contributed by atoms with Gasteiger partial charge in [0.25, 0.3) is 0 Å². The third-order valence-corrected chi connectivity index (χ3v) is 4.56. The first-order chi connectivity index (χ1) is 12.2. The summed E-state index contributed by atoms with van der Waals surface area (Å²) in [6.45, 7) is 9.76. The molecule has 6 heteroatoms. The number of ether oxygens (including phenoxy) is 2. The van der Waals surface area contributed by atoms with Crippen molar-refractivity contribution in [3.05, 3.63) is 35.5 Å². The van der Waals surface area contributed by atoms with Crippen molar-refractivity contribution in [2.45, 2.75) is 13.8 Å². The van der Waals surface area contributed by atoms with Crippen LogP contribution < -0.4 is 15.2 Å². The maximum absolute atomic E-state index is 12.4. The highest BCUT2D eigenvalue weighted by Gasteiger charge is 2.21. The first kappa shape index (κ1) is 17.6. The lowest BCUT2D eigenvalue weighted by Gasteiger charge is -2.24. The average Bonchev–Trinajstić information content (AvgIpc) is 2.63. The SMILES string of the molecule is CCOC(=O)c1c[nH+]c2ccc(C)cc2c1NCC[NH+]1CCOCC1. The van der Waals surface area contributed by atoms with Gasteiger partial charge in [-0.3, -0.25) is 0 Å². The highest BCUT2D eigenvalue weighted by Crippen LogP contribution is 2.25. The van der Waals surface area contributed by atoms with Crippen LogP contribution in [0.25, 0.3) is 10.9 Å². The van der Waals surface area contributed by atoms with E-state index in [9.17, 15) is 4.79 Å². The van der Waals surface area contributed by atoms with E-state index in [1.54, 1.807) is 6.20 Å². The van der Waals surface area contributed by atoms with Gasteiger partial charge in [-0.1, -0.05) is 6.07 Å². The number of hydrogen-bond donors (Lipinski definition) is 2. The number of anilines is 1. The number of fused-ring (bicyclic) bond motifs is 1. The second-order valence-corrected chi connectivity index (χ2v) is 6.39. The molecule has 2 aromatic rings. The van der Waals surface area contributed by atoms with Gasteiger partial charge in [-0.2, -0.15) is 0 Å². The zero-order valence-corrected chi connectivity index (χ0v) is 15.0. The molecule has 0 bridgehead atoms. The summed E-state index contributed by atoms with van der Waals surface area (Å²) in [6, 6.07) is 6.20. The maximum atomic E-state index is 12.4. The number of carbonyl (C=O) groups excluding carboxylic acids is 1. The fraction of sp³-hybridized carbons (Fsp3) is 0.474. The van der Waals surface area contributed by atoms with Crippen LogP contribution in [-0.2, 0) is 9.47 Å². The summed E-state index contributed by atoms with van der Waals surface area (Å²) in [4.78, 5) is 17.1. The van der Waals surface area contributed by atoms with E-state index in [-0.39, 0.29) is 5.97 Å². The highest BCUT2D eigenvalue weighted by molar-refractivity contribution is 6.03. The molecule has 6 nitrogen and oxygen atoms in total. The zero-order valence-electron chi connectivity index (χ0n) is 15.0. The van der Waals surface area contributed by atoms with E-state index in [0.29, 0.717) is 12.2 Å². The standard InChI is InChI=1S/C19H25N3O3/c1-3-25-19(23)16-13-21-17-5-4-14(2)12-15(17)18(16)20-6-7-22-8-10-24-11-9-22/h4-5,12-13H,3,6-11H2,1-2H3,(H,20,21)/p+2. The number of pyridine rings is 1. The number of morpholine rings is 1. The van der Waals surface area contributed by atoms with Crippen LogP contribution in [0.1, 0.15) is 22.8 Å². The lowest BCUT2D eigenvalue weighted by atomic mass is 10.1. The number of rotatable bonds is 6. The van der Waals surface area contributed by atoms with Gasteiger partial charge >= 0.3 is 5.97 Å². The summed E-state index contributed by atoms with van der Waals surface area (Å²) in [5.41, 5.74) is 3.56. The predicted molar refractivity (Wildman–Crippen MR) is 96.1 cm³/mol. The van der Waals surface area contributed by atoms with Crippen molar-refractivity contribution in [1.29, 1.82) is 0 Å². The Kier molecular flexibility index (Phi) is 5.83. The molecule has 0 unspecified atom stereocenters. The van der Waals surface area contributed by atoms with Crippen molar-refractivity contribution in [2.75, 3.05) is 51.3 Å². The molecule has 0 radical (unpaired) electrons. The number of esters is 1. The van der Waals surface area contributed by atoms with Crippen molar-refractivity contribution in [3.8, 4) is 0 Å². The minimum atomic E-state index is -0.302. The van der Waals surface area contributed by atoms with Crippen LogP contribution in [0.4, 0.5) is 5.69 Å². The molecule has 0 spiro atoms. The Morgan fingerprint density at radius 1 is 1.36 bits per heavy atom. The van der Waals surface area contributed by atoms with Gasteiger partial charge in [-0.05, 0) is 25.5 Å². The molecular weight excluding hydrogens is 318 g/mol. The van der Waals surface area contributed by atoms with Crippen molar-refractivity contribution in [1.82, 2.24) is 0 Å². The summed E-state index contributed by atoms with van der Waals surface area (Å²) in [7, 11) is 0.